The van der Waals surface area contributed by atoms with Crippen LogP contribution in [0.2, 0.25) is 5.02 Å². The number of fused-ring (bicyclic) bond motifs is 2. The van der Waals surface area contributed by atoms with E-state index in [0.29, 0.717) is 11.0 Å². The molecule has 0 aliphatic carbocycles. The molecule has 35 heavy (non-hydrogen) atoms. The predicted molar refractivity (Wildman–Crippen MR) is 136 cm³/mol. The van der Waals surface area contributed by atoms with Crippen LogP contribution in [0.4, 0.5) is 5.95 Å². The van der Waals surface area contributed by atoms with Crippen molar-refractivity contribution in [1.82, 2.24) is 29.7 Å². The van der Waals surface area contributed by atoms with E-state index in [1.54, 1.807) is 6.33 Å². The molecular formula is C26H24ClN7O. The molecule has 5 aromatic rings. The number of ether oxygens (including phenoxy) is 1. The third kappa shape index (κ3) is 4.31. The van der Waals surface area contributed by atoms with Crippen LogP contribution in [0, 0.1) is 0 Å². The molecule has 0 amide bonds. The number of benzene rings is 2. The van der Waals surface area contributed by atoms with Crippen molar-refractivity contribution in [3.8, 4) is 11.3 Å². The van der Waals surface area contributed by atoms with Crippen LogP contribution in [0.5, 0.6) is 0 Å². The first kappa shape index (κ1) is 21.9. The van der Waals surface area contributed by atoms with Gasteiger partial charge in [0.05, 0.1) is 28.8 Å². The molecule has 2 atom stereocenters. The third-order valence-electron chi connectivity index (χ3n) is 6.37. The zero-order valence-electron chi connectivity index (χ0n) is 19.2. The van der Waals surface area contributed by atoms with Crippen LogP contribution in [0.1, 0.15) is 44.0 Å². The molecule has 176 valence electrons. The molecule has 0 saturated carbocycles. The van der Waals surface area contributed by atoms with Crippen molar-refractivity contribution in [2.45, 2.75) is 38.5 Å². The van der Waals surface area contributed by atoms with E-state index < -0.39 is 0 Å². The second kappa shape index (κ2) is 9.20. The Bertz CT molecular complexity index is 1510. The standard InChI is InChI=1S/C26H24ClN7O/c1-16(17-5-4-6-20(27)12-17)32-26-28-13-19-11-18(8-9-22(19)33-26)24-21-14-31-34(25(21)30-15-29-24)23-7-2-3-10-35-23/h4-6,8-9,11-16,23H,2-3,7,10H2,1H3,(H,28,32,33). The molecular weight excluding hydrogens is 462 g/mol. The fourth-order valence-electron chi connectivity index (χ4n) is 4.52. The molecule has 6 rings (SSSR count). The van der Waals surface area contributed by atoms with Crippen LogP contribution in [-0.4, -0.2) is 36.3 Å². The lowest BCUT2D eigenvalue weighted by molar-refractivity contribution is -0.0370. The van der Waals surface area contributed by atoms with E-state index in [1.165, 1.54) is 0 Å². The molecule has 1 saturated heterocycles. The quantitative estimate of drug-likeness (QED) is 0.328. The van der Waals surface area contributed by atoms with Crippen LogP contribution in [-0.2, 0) is 4.74 Å². The van der Waals surface area contributed by atoms with Crippen LogP contribution < -0.4 is 5.32 Å². The molecule has 1 aliphatic rings. The Labute approximate surface area is 207 Å². The molecule has 9 heteroatoms. The van der Waals surface area contributed by atoms with Crippen molar-refractivity contribution in [2.24, 2.45) is 0 Å². The number of anilines is 1. The first-order valence-electron chi connectivity index (χ1n) is 11.7. The molecule has 4 heterocycles. The second-order valence-corrected chi connectivity index (χ2v) is 9.19. The Kier molecular flexibility index (Phi) is 5.75. The molecule has 0 spiro atoms. The molecule has 1 aliphatic heterocycles. The van der Waals surface area contributed by atoms with Gasteiger partial charge in [-0.05, 0) is 56.0 Å². The van der Waals surface area contributed by atoms with Crippen LogP contribution >= 0.6 is 11.6 Å². The highest BCUT2D eigenvalue weighted by Gasteiger charge is 2.21. The monoisotopic (exact) mass is 485 g/mol. The molecule has 8 nitrogen and oxygen atoms in total. The molecule has 0 bridgehead atoms. The zero-order chi connectivity index (χ0) is 23.8. The summed E-state index contributed by atoms with van der Waals surface area (Å²) < 4.78 is 7.80. The van der Waals surface area contributed by atoms with Gasteiger partial charge in [-0.25, -0.2) is 24.6 Å². The van der Waals surface area contributed by atoms with Crippen molar-refractivity contribution in [3.05, 3.63) is 71.8 Å². The maximum absolute atomic E-state index is 6.13. The Balaban J connectivity index is 1.29. The summed E-state index contributed by atoms with van der Waals surface area (Å²) in [5.41, 5.74) is 4.50. The average Bonchev–Trinajstić information content (AvgIpc) is 3.33. The maximum Gasteiger partial charge on any atom is 0.223 e. The van der Waals surface area contributed by atoms with E-state index >= 15 is 0 Å². The van der Waals surface area contributed by atoms with Gasteiger partial charge in [0.15, 0.2) is 11.9 Å². The topological polar surface area (TPSA) is 90.6 Å². The fourth-order valence-corrected chi connectivity index (χ4v) is 4.72. The average molecular weight is 486 g/mol. The van der Waals surface area contributed by atoms with Crippen molar-refractivity contribution in [1.29, 1.82) is 0 Å². The van der Waals surface area contributed by atoms with Gasteiger partial charge < -0.3 is 10.1 Å². The highest BCUT2D eigenvalue weighted by molar-refractivity contribution is 6.30. The molecule has 2 unspecified atom stereocenters. The summed E-state index contributed by atoms with van der Waals surface area (Å²) in [6.07, 6.45) is 8.33. The zero-order valence-corrected chi connectivity index (χ0v) is 20.0. The van der Waals surface area contributed by atoms with Gasteiger partial charge in [-0.3, -0.25) is 0 Å². The SMILES string of the molecule is CC(Nc1ncc2cc(-c3ncnc4c3cnn4C3CCCCO3)ccc2n1)c1cccc(Cl)c1. The Morgan fingerprint density at radius 2 is 2.03 bits per heavy atom. The maximum atomic E-state index is 6.13. The Hall–Kier alpha value is -3.62. The summed E-state index contributed by atoms with van der Waals surface area (Å²) in [5, 5.41) is 10.5. The van der Waals surface area contributed by atoms with Gasteiger partial charge in [-0.15, -0.1) is 0 Å². The van der Waals surface area contributed by atoms with Gasteiger partial charge in [0.25, 0.3) is 0 Å². The molecule has 3 aromatic heterocycles. The van der Waals surface area contributed by atoms with Gasteiger partial charge in [-0.1, -0.05) is 29.8 Å². The molecule has 1 fully saturated rings. The van der Waals surface area contributed by atoms with Crippen molar-refractivity contribution >= 4 is 39.5 Å². The normalized spacial score (nSPS) is 17.0. The third-order valence-corrected chi connectivity index (χ3v) is 6.60. The van der Waals surface area contributed by atoms with Gasteiger partial charge in [0.2, 0.25) is 5.95 Å². The summed E-state index contributed by atoms with van der Waals surface area (Å²) >= 11 is 6.13. The number of aromatic nitrogens is 6. The summed E-state index contributed by atoms with van der Waals surface area (Å²) in [6.45, 7) is 2.81. The van der Waals surface area contributed by atoms with E-state index in [-0.39, 0.29) is 12.3 Å². The van der Waals surface area contributed by atoms with Gasteiger partial charge in [0.1, 0.15) is 6.33 Å². The van der Waals surface area contributed by atoms with E-state index in [2.05, 4.69) is 38.4 Å². The van der Waals surface area contributed by atoms with Crippen molar-refractivity contribution in [3.63, 3.8) is 0 Å². The Morgan fingerprint density at radius 1 is 1.09 bits per heavy atom. The second-order valence-electron chi connectivity index (χ2n) is 8.76. The highest BCUT2D eigenvalue weighted by Crippen LogP contribution is 2.31. The lowest BCUT2D eigenvalue weighted by Crippen LogP contribution is -2.19. The summed E-state index contributed by atoms with van der Waals surface area (Å²) in [5.74, 6) is 0.566. The Morgan fingerprint density at radius 3 is 2.89 bits per heavy atom. The van der Waals surface area contributed by atoms with Gasteiger partial charge >= 0.3 is 0 Å². The van der Waals surface area contributed by atoms with Gasteiger partial charge in [0, 0.05) is 28.8 Å². The summed E-state index contributed by atoms with van der Waals surface area (Å²) in [6, 6.07) is 13.9. The smallest absolute Gasteiger partial charge is 0.223 e. The first-order chi connectivity index (χ1) is 17.2. The lowest BCUT2D eigenvalue weighted by Gasteiger charge is -2.22. The minimum absolute atomic E-state index is 0.0180. The van der Waals surface area contributed by atoms with Crippen LogP contribution in [0.25, 0.3) is 33.2 Å². The minimum atomic E-state index is -0.0748. The van der Waals surface area contributed by atoms with E-state index in [9.17, 15) is 0 Å². The van der Waals surface area contributed by atoms with E-state index in [0.717, 1.165) is 64.6 Å². The van der Waals surface area contributed by atoms with Gasteiger partial charge in [-0.2, -0.15) is 5.10 Å². The fraction of sp³-hybridized carbons (Fsp3) is 0.269. The summed E-state index contributed by atoms with van der Waals surface area (Å²) in [4.78, 5) is 18.3. The van der Waals surface area contributed by atoms with E-state index in [4.69, 9.17) is 21.3 Å². The number of nitrogens with zero attached hydrogens (tertiary/aromatic N) is 6. The van der Waals surface area contributed by atoms with Crippen molar-refractivity contribution < 1.29 is 4.74 Å². The van der Waals surface area contributed by atoms with Crippen LogP contribution in [0.3, 0.4) is 0 Å². The predicted octanol–water partition coefficient (Wildman–Crippen LogP) is 5.96. The molecule has 1 N–H and O–H groups in total. The molecule has 0 radical (unpaired) electrons. The number of nitrogens with one attached hydrogen (secondary N) is 1. The van der Waals surface area contributed by atoms with E-state index in [1.807, 2.05) is 53.5 Å². The molecule has 2 aromatic carbocycles. The number of rotatable bonds is 5. The van der Waals surface area contributed by atoms with Crippen LogP contribution in [0.15, 0.2) is 61.2 Å². The highest BCUT2D eigenvalue weighted by atomic mass is 35.5. The number of hydrogen-bond acceptors (Lipinski definition) is 7. The minimum Gasteiger partial charge on any atom is -0.356 e. The number of halogens is 1. The summed E-state index contributed by atoms with van der Waals surface area (Å²) in [7, 11) is 0. The number of hydrogen-bond donors (Lipinski definition) is 1. The largest absolute Gasteiger partial charge is 0.356 e. The first-order valence-corrected chi connectivity index (χ1v) is 12.1. The lowest BCUT2D eigenvalue weighted by atomic mass is 10.1. The van der Waals surface area contributed by atoms with Crippen molar-refractivity contribution in [2.75, 3.05) is 11.9 Å².